The largest absolute Gasteiger partial charge is 0.383 e. The van der Waals surface area contributed by atoms with Crippen molar-refractivity contribution >= 4 is 15.9 Å². The highest BCUT2D eigenvalue weighted by Gasteiger charge is 2.22. The minimum absolute atomic E-state index is 0.324. The molecule has 0 fully saturated rings. The number of halogens is 3. The Bertz CT molecular complexity index is 603. The molecular weight excluding hydrogens is 314 g/mol. The van der Waals surface area contributed by atoms with Gasteiger partial charge in [-0.25, -0.2) is 8.78 Å². The molecule has 2 aromatic carbocycles. The Kier molecular flexibility index (Phi) is 4.02. The summed E-state index contributed by atoms with van der Waals surface area (Å²) in [6.07, 6.45) is -1.34. The number of rotatable bonds is 2. The predicted molar refractivity (Wildman–Crippen MR) is 74.0 cm³/mol. The number of hydrogen-bond acceptors (Lipinski definition) is 1. The van der Waals surface area contributed by atoms with Crippen molar-refractivity contribution in [3.63, 3.8) is 0 Å². The van der Waals surface area contributed by atoms with Crippen LogP contribution in [0.15, 0.2) is 34.8 Å². The molecule has 0 aliphatic rings. The molecule has 100 valence electrons. The van der Waals surface area contributed by atoms with Crippen molar-refractivity contribution in [2.75, 3.05) is 0 Å². The van der Waals surface area contributed by atoms with Gasteiger partial charge in [-0.2, -0.15) is 0 Å². The quantitative estimate of drug-likeness (QED) is 0.865. The van der Waals surface area contributed by atoms with E-state index >= 15 is 0 Å². The van der Waals surface area contributed by atoms with Gasteiger partial charge in [0, 0.05) is 4.47 Å². The number of hydrogen-bond donors (Lipinski definition) is 1. The second-order valence-electron chi connectivity index (χ2n) is 4.57. The third-order valence-electron chi connectivity index (χ3n) is 2.95. The van der Waals surface area contributed by atoms with Gasteiger partial charge in [0.1, 0.15) is 17.7 Å². The Labute approximate surface area is 119 Å². The predicted octanol–water partition coefficient (Wildman–Crippen LogP) is 4.43. The summed E-state index contributed by atoms with van der Waals surface area (Å²) in [5.41, 5.74) is 1.59. The summed E-state index contributed by atoms with van der Waals surface area (Å²) < 4.78 is 28.3. The first-order valence-electron chi connectivity index (χ1n) is 5.80. The van der Waals surface area contributed by atoms with Gasteiger partial charge in [0.25, 0.3) is 0 Å². The normalized spacial score (nSPS) is 12.5. The third-order valence-corrected chi connectivity index (χ3v) is 3.63. The van der Waals surface area contributed by atoms with Gasteiger partial charge in [-0.05, 0) is 48.7 Å². The van der Waals surface area contributed by atoms with E-state index in [-0.39, 0.29) is 5.56 Å². The molecule has 2 aromatic rings. The minimum Gasteiger partial charge on any atom is -0.383 e. The van der Waals surface area contributed by atoms with Crippen LogP contribution in [0.1, 0.15) is 28.4 Å². The van der Waals surface area contributed by atoms with Crippen LogP contribution in [0.2, 0.25) is 0 Å². The van der Waals surface area contributed by atoms with Crippen molar-refractivity contribution in [2.24, 2.45) is 0 Å². The van der Waals surface area contributed by atoms with Crippen molar-refractivity contribution in [3.8, 4) is 0 Å². The maximum Gasteiger partial charge on any atom is 0.132 e. The molecule has 1 nitrogen and oxygen atoms in total. The van der Waals surface area contributed by atoms with Crippen molar-refractivity contribution in [2.45, 2.75) is 20.0 Å². The molecule has 0 bridgehead atoms. The summed E-state index contributed by atoms with van der Waals surface area (Å²) in [5, 5.41) is 10.2. The van der Waals surface area contributed by atoms with E-state index in [0.29, 0.717) is 15.6 Å². The minimum atomic E-state index is -1.34. The lowest BCUT2D eigenvalue weighted by molar-refractivity contribution is 0.208. The van der Waals surface area contributed by atoms with E-state index in [9.17, 15) is 13.9 Å². The summed E-state index contributed by atoms with van der Waals surface area (Å²) in [6, 6.07) is 7.66. The van der Waals surface area contributed by atoms with Crippen molar-refractivity contribution in [1.29, 1.82) is 0 Å². The second kappa shape index (κ2) is 5.39. The smallest absolute Gasteiger partial charge is 0.132 e. The average Bonchev–Trinajstić information content (AvgIpc) is 2.26. The Hall–Kier alpha value is -1.26. The van der Waals surface area contributed by atoms with Gasteiger partial charge in [-0.1, -0.05) is 28.1 Å². The Morgan fingerprint density at radius 1 is 1.00 bits per heavy atom. The fraction of sp³-hybridized carbons (Fsp3) is 0.200. The first kappa shape index (κ1) is 14.2. The van der Waals surface area contributed by atoms with Gasteiger partial charge in [0.05, 0.1) is 5.56 Å². The molecule has 0 aliphatic carbocycles. The Morgan fingerprint density at radius 2 is 1.58 bits per heavy atom. The fourth-order valence-electron chi connectivity index (χ4n) is 1.98. The van der Waals surface area contributed by atoms with Crippen LogP contribution >= 0.6 is 15.9 Å². The standard InChI is InChI=1S/C15H13BrF2O/c1-8-3-4-10(11(16)5-8)15(19)14-12(17)6-9(2)7-13(14)18/h3-7,15,19H,1-2H3. The second-order valence-corrected chi connectivity index (χ2v) is 5.42. The summed E-state index contributed by atoms with van der Waals surface area (Å²) in [7, 11) is 0. The molecule has 4 heteroatoms. The first-order chi connectivity index (χ1) is 8.90. The molecule has 1 atom stereocenters. The van der Waals surface area contributed by atoms with E-state index in [1.165, 1.54) is 12.1 Å². The van der Waals surface area contributed by atoms with Crippen LogP contribution < -0.4 is 0 Å². The molecule has 2 rings (SSSR count). The van der Waals surface area contributed by atoms with Crippen molar-refractivity contribution in [1.82, 2.24) is 0 Å². The molecule has 0 saturated heterocycles. The molecule has 19 heavy (non-hydrogen) atoms. The zero-order valence-corrected chi connectivity index (χ0v) is 12.1. The van der Waals surface area contributed by atoms with Crippen LogP contribution in [-0.2, 0) is 0 Å². The molecule has 0 aliphatic heterocycles. The molecule has 1 unspecified atom stereocenters. The molecule has 0 amide bonds. The van der Waals surface area contributed by atoms with E-state index < -0.39 is 17.7 Å². The monoisotopic (exact) mass is 326 g/mol. The van der Waals surface area contributed by atoms with Crippen LogP contribution in [0, 0.1) is 25.5 Å². The van der Waals surface area contributed by atoms with Gasteiger partial charge in [-0.3, -0.25) is 0 Å². The lowest BCUT2D eigenvalue weighted by Gasteiger charge is -2.16. The number of aryl methyl sites for hydroxylation is 2. The maximum absolute atomic E-state index is 13.8. The highest BCUT2D eigenvalue weighted by molar-refractivity contribution is 9.10. The molecule has 0 aromatic heterocycles. The topological polar surface area (TPSA) is 20.2 Å². The van der Waals surface area contributed by atoms with E-state index in [1.807, 2.05) is 6.92 Å². The lowest BCUT2D eigenvalue weighted by Crippen LogP contribution is -2.07. The maximum atomic E-state index is 13.8. The Balaban J connectivity index is 2.53. The van der Waals surface area contributed by atoms with Crippen LogP contribution in [-0.4, -0.2) is 5.11 Å². The van der Waals surface area contributed by atoms with Crippen LogP contribution in [0.3, 0.4) is 0 Å². The summed E-state index contributed by atoms with van der Waals surface area (Å²) >= 11 is 3.30. The zero-order chi connectivity index (χ0) is 14.2. The van der Waals surface area contributed by atoms with Gasteiger partial charge in [0.2, 0.25) is 0 Å². The summed E-state index contributed by atoms with van der Waals surface area (Å²) in [4.78, 5) is 0. The lowest BCUT2D eigenvalue weighted by atomic mass is 9.98. The van der Waals surface area contributed by atoms with Gasteiger partial charge in [-0.15, -0.1) is 0 Å². The fourth-order valence-corrected chi connectivity index (χ4v) is 2.69. The van der Waals surface area contributed by atoms with Crippen molar-refractivity contribution < 1.29 is 13.9 Å². The molecule has 1 N–H and O–H groups in total. The molecule has 0 spiro atoms. The molecular formula is C15H13BrF2O. The van der Waals surface area contributed by atoms with E-state index in [2.05, 4.69) is 15.9 Å². The highest BCUT2D eigenvalue weighted by Crippen LogP contribution is 2.32. The third kappa shape index (κ3) is 2.85. The SMILES string of the molecule is Cc1cc(F)c(C(O)c2ccc(C)cc2Br)c(F)c1. The van der Waals surface area contributed by atoms with Crippen LogP contribution in [0.25, 0.3) is 0 Å². The highest BCUT2D eigenvalue weighted by atomic mass is 79.9. The molecule has 0 saturated carbocycles. The molecule has 0 heterocycles. The van der Waals surface area contributed by atoms with Crippen molar-refractivity contribution in [3.05, 3.63) is 68.7 Å². The van der Waals surface area contributed by atoms with E-state index in [1.54, 1.807) is 25.1 Å². The van der Waals surface area contributed by atoms with E-state index in [0.717, 1.165) is 5.56 Å². The van der Waals surface area contributed by atoms with Gasteiger partial charge < -0.3 is 5.11 Å². The van der Waals surface area contributed by atoms with Gasteiger partial charge in [0.15, 0.2) is 0 Å². The summed E-state index contributed by atoms with van der Waals surface area (Å²) in [5.74, 6) is -1.48. The molecule has 0 radical (unpaired) electrons. The number of aliphatic hydroxyl groups is 1. The van der Waals surface area contributed by atoms with Gasteiger partial charge >= 0.3 is 0 Å². The van der Waals surface area contributed by atoms with Crippen LogP contribution in [0.4, 0.5) is 8.78 Å². The van der Waals surface area contributed by atoms with Crippen LogP contribution in [0.5, 0.6) is 0 Å². The first-order valence-corrected chi connectivity index (χ1v) is 6.59. The number of aliphatic hydroxyl groups excluding tert-OH is 1. The Morgan fingerprint density at radius 3 is 2.11 bits per heavy atom. The average molecular weight is 327 g/mol. The number of benzene rings is 2. The van der Waals surface area contributed by atoms with E-state index in [4.69, 9.17) is 0 Å². The summed E-state index contributed by atoms with van der Waals surface area (Å²) in [6.45, 7) is 3.50. The zero-order valence-electron chi connectivity index (χ0n) is 10.5.